The Morgan fingerprint density at radius 2 is 1.84 bits per heavy atom. The van der Waals surface area contributed by atoms with Gasteiger partial charge < -0.3 is 26.2 Å². The summed E-state index contributed by atoms with van der Waals surface area (Å²) < 4.78 is 36.7. The van der Waals surface area contributed by atoms with Crippen LogP contribution in [-0.4, -0.2) is 54.5 Å². The molecule has 8 nitrogen and oxygen atoms in total. The van der Waals surface area contributed by atoms with Gasteiger partial charge in [-0.3, -0.25) is 4.79 Å². The van der Waals surface area contributed by atoms with Gasteiger partial charge in [-0.2, -0.15) is 13.2 Å². The third-order valence-corrected chi connectivity index (χ3v) is 4.63. The summed E-state index contributed by atoms with van der Waals surface area (Å²) >= 11 is 0. The molecule has 0 heterocycles. The number of halogens is 3. The third-order valence-electron chi connectivity index (χ3n) is 4.63. The number of carboxylic acid groups (broad SMARTS) is 1. The molecule has 1 aromatic rings. The van der Waals surface area contributed by atoms with Gasteiger partial charge in [0, 0.05) is 12.5 Å². The molecule has 0 aromatic heterocycles. The maximum atomic E-state index is 12.6. The van der Waals surface area contributed by atoms with E-state index >= 15 is 0 Å². The van der Waals surface area contributed by atoms with Gasteiger partial charge in [0.1, 0.15) is 6.04 Å². The Bertz CT molecular complexity index is 716. The molecule has 0 saturated heterocycles. The highest BCUT2D eigenvalue weighted by molar-refractivity contribution is 5.86. The van der Waals surface area contributed by atoms with Crippen molar-refractivity contribution in [2.24, 2.45) is 11.7 Å². The van der Waals surface area contributed by atoms with Crippen molar-refractivity contribution in [3.05, 3.63) is 35.9 Å². The molecule has 1 fully saturated rings. The molecule has 2 rings (SSSR count). The standard InChI is InChI=1S/C18H27N3O3.C2HF3O2/c1-2-24-18(23)21-16(11-13-6-4-3-5-7-13)17(22)20-15-9-8-14(10-15)12-19;3-2(4,5)1(6)7/h3-7,14-16H,2,8-12,19H2,1H3,(H,20,22)(H,21,23);(H,6,7)/t14?,15?,16-;/m1./s1. The average molecular weight is 447 g/mol. The second kappa shape index (κ2) is 12.8. The molecule has 11 heteroatoms. The molecule has 1 aliphatic rings. The fourth-order valence-electron chi connectivity index (χ4n) is 3.10. The minimum Gasteiger partial charge on any atom is -0.475 e. The highest BCUT2D eigenvalue weighted by atomic mass is 19.4. The molecule has 1 aromatic carbocycles. The van der Waals surface area contributed by atoms with E-state index in [0.717, 1.165) is 24.8 Å². The van der Waals surface area contributed by atoms with Gasteiger partial charge in [0.05, 0.1) is 6.61 Å². The minimum atomic E-state index is -5.08. The predicted octanol–water partition coefficient (Wildman–Crippen LogP) is 2.22. The quantitative estimate of drug-likeness (QED) is 0.507. The maximum Gasteiger partial charge on any atom is 0.490 e. The van der Waals surface area contributed by atoms with E-state index in [1.807, 2.05) is 30.3 Å². The molecule has 174 valence electrons. The van der Waals surface area contributed by atoms with Crippen LogP contribution >= 0.6 is 0 Å². The zero-order valence-corrected chi connectivity index (χ0v) is 17.2. The van der Waals surface area contributed by atoms with Crippen LogP contribution in [0.15, 0.2) is 30.3 Å². The van der Waals surface area contributed by atoms with Crippen LogP contribution in [0.25, 0.3) is 0 Å². The number of benzene rings is 1. The Morgan fingerprint density at radius 3 is 2.32 bits per heavy atom. The molecule has 31 heavy (non-hydrogen) atoms. The van der Waals surface area contributed by atoms with Gasteiger partial charge in [0.25, 0.3) is 0 Å². The number of hydrogen-bond acceptors (Lipinski definition) is 5. The van der Waals surface area contributed by atoms with Crippen LogP contribution in [0.5, 0.6) is 0 Å². The molecule has 5 N–H and O–H groups in total. The number of amides is 2. The summed E-state index contributed by atoms with van der Waals surface area (Å²) in [5.74, 6) is -2.46. The van der Waals surface area contributed by atoms with Crippen molar-refractivity contribution in [1.82, 2.24) is 10.6 Å². The number of hydrogen-bond donors (Lipinski definition) is 4. The molecule has 2 amide bonds. The van der Waals surface area contributed by atoms with Gasteiger partial charge in [-0.05, 0) is 44.2 Å². The van der Waals surface area contributed by atoms with Gasteiger partial charge in [0.15, 0.2) is 0 Å². The Hall–Kier alpha value is -2.82. The van der Waals surface area contributed by atoms with Crippen molar-refractivity contribution in [3.63, 3.8) is 0 Å². The smallest absolute Gasteiger partial charge is 0.475 e. The second-order valence-electron chi connectivity index (χ2n) is 7.03. The predicted molar refractivity (Wildman–Crippen MR) is 106 cm³/mol. The fourth-order valence-corrected chi connectivity index (χ4v) is 3.10. The van der Waals surface area contributed by atoms with E-state index in [9.17, 15) is 22.8 Å². The van der Waals surface area contributed by atoms with Crippen LogP contribution in [-0.2, 0) is 20.7 Å². The molecule has 0 aliphatic heterocycles. The molecule has 0 radical (unpaired) electrons. The van der Waals surface area contributed by atoms with Crippen LogP contribution in [0.4, 0.5) is 18.0 Å². The summed E-state index contributed by atoms with van der Waals surface area (Å²) in [7, 11) is 0. The number of carbonyl (C=O) groups excluding carboxylic acids is 2. The fraction of sp³-hybridized carbons (Fsp3) is 0.550. The Kier molecular flexibility index (Phi) is 10.8. The lowest BCUT2D eigenvalue weighted by atomic mass is 10.0. The second-order valence-corrected chi connectivity index (χ2v) is 7.03. The number of alkyl halides is 3. The number of ether oxygens (including phenoxy) is 1. The van der Waals surface area contributed by atoms with E-state index in [4.69, 9.17) is 20.4 Å². The maximum absolute atomic E-state index is 12.6. The van der Waals surface area contributed by atoms with E-state index < -0.39 is 24.3 Å². The number of nitrogens with one attached hydrogen (secondary N) is 2. The lowest BCUT2D eigenvalue weighted by Crippen LogP contribution is -2.50. The highest BCUT2D eigenvalue weighted by Gasteiger charge is 2.38. The van der Waals surface area contributed by atoms with Crippen LogP contribution in [0.2, 0.25) is 0 Å². The number of nitrogens with two attached hydrogens (primary N) is 1. The zero-order chi connectivity index (χ0) is 23.4. The first-order valence-electron chi connectivity index (χ1n) is 9.84. The summed E-state index contributed by atoms with van der Waals surface area (Å²) in [6, 6.07) is 9.11. The van der Waals surface area contributed by atoms with Crippen molar-refractivity contribution in [3.8, 4) is 0 Å². The Balaban J connectivity index is 0.000000592. The summed E-state index contributed by atoms with van der Waals surface area (Å²) in [4.78, 5) is 33.3. The molecule has 0 bridgehead atoms. The topological polar surface area (TPSA) is 131 Å². The van der Waals surface area contributed by atoms with Gasteiger partial charge in [-0.1, -0.05) is 30.3 Å². The first-order valence-corrected chi connectivity index (χ1v) is 9.84. The SMILES string of the molecule is CCOC(=O)N[C@H](Cc1ccccc1)C(=O)NC1CCC(CN)C1.O=C(O)C(F)(F)F. The molecule has 1 saturated carbocycles. The third kappa shape index (κ3) is 10.2. The van der Waals surface area contributed by atoms with E-state index in [-0.39, 0.29) is 18.6 Å². The van der Waals surface area contributed by atoms with Crippen LogP contribution in [0.1, 0.15) is 31.7 Å². The van der Waals surface area contributed by atoms with Gasteiger partial charge in [-0.15, -0.1) is 0 Å². The molecular formula is C20H28F3N3O5. The van der Waals surface area contributed by atoms with Crippen molar-refractivity contribution in [2.45, 2.75) is 50.9 Å². The lowest BCUT2D eigenvalue weighted by molar-refractivity contribution is -0.192. The van der Waals surface area contributed by atoms with Gasteiger partial charge >= 0.3 is 18.2 Å². The first kappa shape index (κ1) is 26.2. The first-order chi connectivity index (χ1) is 14.6. The summed E-state index contributed by atoms with van der Waals surface area (Å²) in [5.41, 5.74) is 6.69. The number of carbonyl (C=O) groups is 3. The molecule has 0 spiro atoms. The Labute approximate surface area is 178 Å². The van der Waals surface area contributed by atoms with Crippen molar-refractivity contribution in [1.29, 1.82) is 0 Å². The summed E-state index contributed by atoms with van der Waals surface area (Å²) in [6.07, 6.45) is -2.35. The number of carboxylic acids is 1. The van der Waals surface area contributed by atoms with E-state index in [2.05, 4.69) is 10.6 Å². The van der Waals surface area contributed by atoms with Crippen molar-refractivity contribution >= 4 is 18.0 Å². The highest BCUT2D eigenvalue weighted by Crippen LogP contribution is 2.24. The Morgan fingerprint density at radius 1 is 1.23 bits per heavy atom. The van der Waals surface area contributed by atoms with E-state index in [1.54, 1.807) is 6.92 Å². The zero-order valence-electron chi connectivity index (χ0n) is 17.2. The molecule has 3 atom stereocenters. The van der Waals surface area contributed by atoms with Gasteiger partial charge in [0.2, 0.25) is 5.91 Å². The number of rotatable bonds is 7. The van der Waals surface area contributed by atoms with Gasteiger partial charge in [-0.25, -0.2) is 9.59 Å². The molecular weight excluding hydrogens is 419 g/mol. The largest absolute Gasteiger partial charge is 0.490 e. The minimum absolute atomic E-state index is 0.133. The summed E-state index contributed by atoms with van der Waals surface area (Å²) in [5, 5.41) is 12.8. The lowest BCUT2D eigenvalue weighted by Gasteiger charge is -2.21. The number of aliphatic carboxylic acids is 1. The summed E-state index contributed by atoms with van der Waals surface area (Å²) in [6.45, 7) is 2.66. The monoisotopic (exact) mass is 447 g/mol. The van der Waals surface area contributed by atoms with Crippen LogP contribution < -0.4 is 16.4 Å². The van der Waals surface area contributed by atoms with Crippen molar-refractivity contribution in [2.75, 3.05) is 13.2 Å². The van der Waals surface area contributed by atoms with Crippen LogP contribution in [0.3, 0.4) is 0 Å². The molecule has 2 unspecified atom stereocenters. The number of alkyl carbamates (subject to hydrolysis) is 1. The van der Waals surface area contributed by atoms with E-state index in [1.165, 1.54) is 0 Å². The average Bonchev–Trinajstić information content (AvgIpc) is 3.16. The normalized spacial score (nSPS) is 18.9. The molecule has 1 aliphatic carbocycles. The van der Waals surface area contributed by atoms with Crippen molar-refractivity contribution < 1.29 is 37.4 Å². The van der Waals surface area contributed by atoms with Crippen LogP contribution in [0, 0.1) is 5.92 Å². The van der Waals surface area contributed by atoms with E-state index in [0.29, 0.717) is 18.9 Å².